The summed E-state index contributed by atoms with van der Waals surface area (Å²) in [4.78, 5) is 25.9. The minimum atomic E-state index is -0.367. The van der Waals surface area contributed by atoms with Gasteiger partial charge in [-0.05, 0) is 37.1 Å². The van der Waals surface area contributed by atoms with Gasteiger partial charge in [-0.3, -0.25) is 14.5 Å². The number of benzene rings is 1. The van der Waals surface area contributed by atoms with E-state index in [4.69, 9.17) is 0 Å². The quantitative estimate of drug-likeness (QED) is 0.426. The largest absolute Gasteiger partial charge is 0.293 e. The van der Waals surface area contributed by atoms with Crippen molar-refractivity contribution in [3.63, 3.8) is 0 Å². The van der Waals surface area contributed by atoms with Crippen molar-refractivity contribution in [1.29, 1.82) is 0 Å². The van der Waals surface area contributed by atoms with E-state index in [1.165, 1.54) is 47.4 Å². The van der Waals surface area contributed by atoms with Gasteiger partial charge in [-0.15, -0.1) is 10.2 Å². The summed E-state index contributed by atoms with van der Waals surface area (Å²) in [7, 11) is 0. The third-order valence-electron chi connectivity index (χ3n) is 3.58. The van der Waals surface area contributed by atoms with Gasteiger partial charge in [-0.2, -0.15) is 0 Å². The van der Waals surface area contributed by atoms with Gasteiger partial charge in [0.15, 0.2) is 10.1 Å². The number of hydrogen-bond acceptors (Lipinski definition) is 6. The van der Waals surface area contributed by atoms with E-state index < -0.39 is 0 Å². The Morgan fingerprint density at radius 2 is 2.00 bits per heavy atom. The molecule has 1 aliphatic rings. The van der Waals surface area contributed by atoms with Crippen molar-refractivity contribution in [2.24, 2.45) is 0 Å². The first kappa shape index (κ1) is 17.0. The molecule has 126 valence electrons. The highest BCUT2D eigenvalue weighted by Gasteiger charge is 2.35. The number of rotatable bonds is 7. The van der Waals surface area contributed by atoms with Gasteiger partial charge in [0, 0.05) is 18.0 Å². The summed E-state index contributed by atoms with van der Waals surface area (Å²) >= 11 is 2.61. The van der Waals surface area contributed by atoms with Crippen LogP contribution in [-0.4, -0.2) is 33.7 Å². The number of nitrogens with zero attached hydrogens (tertiary/aromatic N) is 3. The van der Waals surface area contributed by atoms with E-state index in [0.29, 0.717) is 21.5 Å². The Morgan fingerprint density at radius 3 is 2.62 bits per heavy atom. The Labute approximate surface area is 147 Å². The molecule has 1 amide bonds. The minimum absolute atomic E-state index is 0.0487. The summed E-state index contributed by atoms with van der Waals surface area (Å²) < 4.78 is 13.5. The summed E-state index contributed by atoms with van der Waals surface area (Å²) in [6, 6.07) is 5.72. The SMILES string of the molecule is CCC(=O)N(c1nnc(SCC(=O)c2ccc(F)cc2)s1)C1CC1. The van der Waals surface area contributed by atoms with Gasteiger partial charge in [-0.1, -0.05) is 30.0 Å². The van der Waals surface area contributed by atoms with Crippen LogP contribution in [0.2, 0.25) is 0 Å². The lowest BCUT2D eigenvalue weighted by atomic mass is 10.1. The van der Waals surface area contributed by atoms with E-state index in [1.807, 2.05) is 6.92 Å². The van der Waals surface area contributed by atoms with Gasteiger partial charge in [0.2, 0.25) is 11.0 Å². The zero-order chi connectivity index (χ0) is 17.1. The molecule has 0 spiro atoms. The first-order valence-electron chi connectivity index (χ1n) is 7.65. The molecule has 1 heterocycles. The highest BCUT2D eigenvalue weighted by Crippen LogP contribution is 2.36. The lowest BCUT2D eigenvalue weighted by Crippen LogP contribution is -2.32. The molecule has 2 aromatic rings. The summed E-state index contributed by atoms with van der Waals surface area (Å²) in [6.45, 7) is 1.83. The number of anilines is 1. The molecule has 0 radical (unpaired) electrons. The molecule has 0 atom stereocenters. The number of ketones is 1. The molecule has 1 saturated carbocycles. The van der Waals surface area contributed by atoms with Crippen molar-refractivity contribution < 1.29 is 14.0 Å². The Kier molecular flexibility index (Phi) is 5.25. The Bertz CT molecular complexity index is 744. The molecule has 5 nitrogen and oxygen atoms in total. The molecule has 0 bridgehead atoms. The monoisotopic (exact) mass is 365 g/mol. The predicted octanol–water partition coefficient (Wildman–Crippen LogP) is 3.56. The summed E-state index contributed by atoms with van der Waals surface area (Å²) in [5, 5.41) is 8.77. The van der Waals surface area contributed by atoms with E-state index in [0.717, 1.165) is 12.8 Å². The van der Waals surface area contributed by atoms with Crippen molar-refractivity contribution in [3.05, 3.63) is 35.6 Å². The van der Waals surface area contributed by atoms with Crippen LogP contribution in [0.1, 0.15) is 36.5 Å². The third kappa shape index (κ3) is 3.99. The number of aromatic nitrogens is 2. The lowest BCUT2D eigenvalue weighted by molar-refractivity contribution is -0.118. The van der Waals surface area contributed by atoms with Crippen molar-refractivity contribution >= 4 is 39.9 Å². The maximum Gasteiger partial charge on any atom is 0.228 e. The molecular formula is C16H16FN3O2S2. The highest BCUT2D eigenvalue weighted by molar-refractivity contribution is 8.01. The van der Waals surface area contributed by atoms with Crippen LogP contribution in [-0.2, 0) is 4.79 Å². The van der Waals surface area contributed by atoms with Gasteiger partial charge in [0.1, 0.15) is 5.82 Å². The molecule has 1 fully saturated rings. The van der Waals surface area contributed by atoms with E-state index in [1.54, 1.807) is 4.90 Å². The average Bonchev–Trinajstić information content (AvgIpc) is 3.31. The van der Waals surface area contributed by atoms with Crippen molar-refractivity contribution in [2.75, 3.05) is 10.7 Å². The smallest absolute Gasteiger partial charge is 0.228 e. The number of amides is 1. The number of halogens is 1. The van der Waals surface area contributed by atoms with Gasteiger partial charge < -0.3 is 0 Å². The van der Waals surface area contributed by atoms with Crippen molar-refractivity contribution in [2.45, 2.75) is 36.6 Å². The molecule has 0 aliphatic heterocycles. The molecule has 1 aromatic heterocycles. The standard InChI is InChI=1S/C16H16FN3O2S2/c1-2-14(22)20(12-7-8-12)15-18-19-16(24-15)23-9-13(21)10-3-5-11(17)6-4-10/h3-6,12H,2,7-9H2,1H3. The highest BCUT2D eigenvalue weighted by atomic mass is 32.2. The second kappa shape index (κ2) is 7.40. The fourth-order valence-electron chi connectivity index (χ4n) is 2.17. The number of hydrogen-bond donors (Lipinski definition) is 0. The van der Waals surface area contributed by atoms with Gasteiger partial charge in [0.25, 0.3) is 0 Å². The van der Waals surface area contributed by atoms with E-state index in [-0.39, 0.29) is 29.3 Å². The molecule has 0 saturated heterocycles. The number of Topliss-reactive ketones (excluding diaryl/α,β-unsaturated/α-hetero) is 1. The Morgan fingerprint density at radius 1 is 1.29 bits per heavy atom. The fourth-order valence-corrected chi connectivity index (χ4v) is 4.00. The van der Waals surface area contributed by atoms with Crippen LogP contribution in [0, 0.1) is 5.82 Å². The Hall–Kier alpha value is -1.80. The summed E-state index contributed by atoms with van der Waals surface area (Å²) in [5.41, 5.74) is 0.467. The molecule has 3 rings (SSSR count). The maximum atomic E-state index is 12.9. The molecule has 0 unspecified atom stereocenters. The molecule has 8 heteroatoms. The third-order valence-corrected chi connectivity index (χ3v) is 5.63. The van der Waals surface area contributed by atoms with Gasteiger partial charge in [-0.25, -0.2) is 4.39 Å². The Balaban J connectivity index is 1.62. The van der Waals surface area contributed by atoms with Crippen molar-refractivity contribution in [3.8, 4) is 0 Å². The van der Waals surface area contributed by atoms with Crippen LogP contribution in [0.5, 0.6) is 0 Å². The zero-order valence-corrected chi connectivity index (χ0v) is 14.7. The molecule has 1 aliphatic carbocycles. The zero-order valence-electron chi connectivity index (χ0n) is 13.1. The van der Waals surface area contributed by atoms with Crippen LogP contribution < -0.4 is 4.90 Å². The van der Waals surface area contributed by atoms with Crippen LogP contribution in [0.15, 0.2) is 28.6 Å². The second-order valence-corrected chi connectivity index (χ2v) is 7.60. The first-order chi connectivity index (χ1) is 11.6. The predicted molar refractivity (Wildman–Crippen MR) is 92.2 cm³/mol. The minimum Gasteiger partial charge on any atom is -0.293 e. The maximum absolute atomic E-state index is 12.9. The van der Waals surface area contributed by atoms with Crippen molar-refractivity contribution in [1.82, 2.24) is 10.2 Å². The van der Waals surface area contributed by atoms with E-state index in [2.05, 4.69) is 10.2 Å². The number of carbonyl (C=O) groups is 2. The normalized spacial score (nSPS) is 13.8. The average molecular weight is 365 g/mol. The van der Waals surface area contributed by atoms with Crippen LogP contribution in [0.3, 0.4) is 0 Å². The molecule has 24 heavy (non-hydrogen) atoms. The van der Waals surface area contributed by atoms with E-state index >= 15 is 0 Å². The van der Waals surface area contributed by atoms with Gasteiger partial charge >= 0.3 is 0 Å². The second-order valence-electron chi connectivity index (χ2n) is 5.42. The van der Waals surface area contributed by atoms with Crippen LogP contribution in [0.25, 0.3) is 0 Å². The summed E-state index contributed by atoms with van der Waals surface area (Å²) in [5.74, 6) is -0.215. The molecule has 0 N–H and O–H groups in total. The van der Waals surface area contributed by atoms with E-state index in [9.17, 15) is 14.0 Å². The first-order valence-corrected chi connectivity index (χ1v) is 9.46. The topological polar surface area (TPSA) is 63.2 Å². The van der Waals surface area contributed by atoms with Crippen LogP contribution in [0.4, 0.5) is 9.52 Å². The van der Waals surface area contributed by atoms with Crippen LogP contribution >= 0.6 is 23.1 Å². The lowest BCUT2D eigenvalue weighted by Gasteiger charge is -2.17. The van der Waals surface area contributed by atoms with Gasteiger partial charge in [0.05, 0.1) is 5.75 Å². The number of carbonyl (C=O) groups excluding carboxylic acids is 2. The molecular weight excluding hydrogens is 349 g/mol. The number of thioether (sulfide) groups is 1. The summed E-state index contributed by atoms with van der Waals surface area (Å²) in [6.07, 6.45) is 2.43. The fraction of sp³-hybridized carbons (Fsp3) is 0.375. The molecule has 1 aromatic carbocycles.